The maximum absolute atomic E-state index is 12.0. The predicted octanol–water partition coefficient (Wildman–Crippen LogP) is 3.61. The minimum atomic E-state index is -4.38. The molecule has 1 heterocycles. The van der Waals surface area contributed by atoms with Gasteiger partial charge in [-0.15, -0.1) is 0 Å². The number of pyridine rings is 1. The zero-order valence-corrected chi connectivity index (χ0v) is 12.5. The normalized spacial score (nSPS) is 11.1. The molecular weight excluding hydrogens is 333 g/mol. The monoisotopic (exact) mass is 344 g/mol. The summed E-state index contributed by atoms with van der Waals surface area (Å²) in [6.07, 6.45) is -2.91. The van der Waals surface area contributed by atoms with E-state index in [4.69, 9.17) is 11.6 Å². The van der Waals surface area contributed by atoms with Crippen molar-refractivity contribution in [2.45, 2.75) is 12.7 Å². The van der Waals surface area contributed by atoms with Crippen molar-refractivity contribution in [3.8, 4) is 5.75 Å². The molecule has 0 unspecified atom stereocenters. The number of carbonyl (C=O) groups is 1. The van der Waals surface area contributed by atoms with Crippen molar-refractivity contribution in [1.29, 1.82) is 0 Å². The van der Waals surface area contributed by atoms with Gasteiger partial charge in [-0.05, 0) is 29.8 Å². The van der Waals surface area contributed by atoms with Gasteiger partial charge in [-0.25, -0.2) is 4.98 Å². The van der Waals surface area contributed by atoms with E-state index in [0.29, 0.717) is 5.56 Å². The van der Waals surface area contributed by atoms with Gasteiger partial charge in [0.15, 0.2) is 6.61 Å². The van der Waals surface area contributed by atoms with Gasteiger partial charge in [0.05, 0.1) is 5.56 Å². The van der Waals surface area contributed by atoms with Crippen molar-refractivity contribution in [2.75, 3.05) is 6.61 Å². The van der Waals surface area contributed by atoms with Crippen molar-refractivity contribution in [3.63, 3.8) is 0 Å². The van der Waals surface area contributed by atoms with Crippen LogP contribution in [0.3, 0.4) is 0 Å². The fraction of sp³-hybridized carbons (Fsp3) is 0.200. The first-order valence-electron chi connectivity index (χ1n) is 6.52. The molecule has 0 saturated carbocycles. The third kappa shape index (κ3) is 5.45. The molecular formula is C15H12ClF3N2O2. The summed E-state index contributed by atoms with van der Waals surface area (Å²) in [7, 11) is 0. The van der Waals surface area contributed by atoms with E-state index >= 15 is 0 Å². The van der Waals surface area contributed by atoms with Crippen molar-refractivity contribution >= 4 is 17.5 Å². The van der Waals surface area contributed by atoms with E-state index in [0.717, 1.165) is 0 Å². The molecule has 8 heteroatoms. The van der Waals surface area contributed by atoms with E-state index in [2.05, 4.69) is 15.0 Å². The molecule has 23 heavy (non-hydrogen) atoms. The lowest BCUT2D eigenvalue weighted by Gasteiger charge is -2.10. The number of carbonyl (C=O) groups excluding carboxylic acids is 1. The number of ether oxygens (including phenoxy) is 1. The second-order valence-corrected chi connectivity index (χ2v) is 4.93. The van der Waals surface area contributed by atoms with Crippen LogP contribution in [0.25, 0.3) is 0 Å². The Labute approximate surface area is 135 Å². The number of amides is 1. The number of aromatic nitrogens is 1. The first-order valence-corrected chi connectivity index (χ1v) is 6.90. The molecule has 0 atom stereocenters. The smallest absolute Gasteiger partial charge is 0.422 e. The number of alkyl halides is 3. The number of hydrogen-bond acceptors (Lipinski definition) is 3. The number of rotatable bonds is 5. The summed E-state index contributed by atoms with van der Waals surface area (Å²) in [5.41, 5.74) is 0.956. The van der Waals surface area contributed by atoms with Crippen LogP contribution >= 0.6 is 11.6 Å². The SMILES string of the molecule is O=C(NCc1ccc(OCC(F)(F)F)cc1)c1cccnc1Cl. The molecule has 2 rings (SSSR count). The lowest BCUT2D eigenvalue weighted by molar-refractivity contribution is -0.153. The lowest BCUT2D eigenvalue weighted by atomic mass is 10.2. The average molecular weight is 345 g/mol. The highest BCUT2D eigenvalue weighted by Crippen LogP contribution is 2.19. The Balaban J connectivity index is 1.89. The van der Waals surface area contributed by atoms with Gasteiger partial charge < -0.3 is 10.1 Å². The fourth-order valence-corrected chi connectivity index (χ4v) is 1.91. The Bertz CT molecular complexity index is 675. The van der Waals surface area contributed by atoms with E-state index in [9.17, 15) is 18.0 Å². The molecule has 0 bridgehead atoms. The third-order valence-electron chi connectivity index (χ3n) is 2.78. The molecule has 1 aromatic carbocycles. The summed E-state index contributed by atoms with van der Waals surface area (Å²) in [4.78, 5) is 15.7. The molecule has 1 N–H and O–H groups in total. The van der Waals surface area contributed by atoms with E-state index < -0.39 is 12.8 Å². The maximum atomic E-state index is 12.0. The van der Waals surface area contributed by atoms with Crippen LogP contribution < -0.4 is 10.1 Å². The summed E-state index contributed by atoms with van der Waals surface area (Å²) in [6, 6.07) is 9.08. The van der Waals surface area contributed by atoms with Gasteiger partial charge in [0.2, 0.25) is 0 Å². The van der Waals surface area contributed by atoms with Crippen molar-refractivity contribution < 1.29 is 22.7 Å². The molecule has 1 aromatic heterocycles. The van der Waals surface area contributed by atoms with Crippen LogP contribution in [-0.2, 0) is 6.54 Å². The van der Waals surface area contributed by atoms with Gasteiger partial charge in [0, 0.05) is 12.7 Å². The number of benzene rings is 1. The molecule has 122 valence electrons. The van der Waals surface area contributed by atoms with Gasteiger partial charge >= 0.3 is 6.18 Å². The Kier molecular flexibility index (Phi) is 5.44. The summed E-state index contributed by atoms with van der Waals surface area (Å²) in [6.45, 7) is -1.15. The Morgan fingerprint density at radius 1 is 1.22 bits per heavy atom. The van der Waals surface area contributed by atoms with Gasteiger partial charge in [-0.1, -0.05) is 23.7 Å². The molecule has 0 spiro atoms. The second kappa shape index (κ2) is 7.32. The lowest BCUT2D eigenvalue weighted by Crippen LogP contribution is -2.23. The highest BCUT2D eigenvalue weighted by atomic mass is 35.5. The van der Waals surface area contributed by atoms with Gasteiger partial charge in [-0.3, -0.25) is 4.79 Å². The molecule has 2 aromatic rings. The van der Waals surface area contributed by atoms with E-state index in [1.807, 2.05) is 0 Å². The van der Waals surface area contributed by atoms with Crippen LogP contribution in [0.2, 0.25) is 5.15 Å². The molecule has 0 saturated heterocycles. The first kappa shape index (κ1) is 17.1. The Morgan fingerprint density at radius 2 is 1.91 bits per heavy atom. The van der Waals surface area contributed by atoms with Crippen LogP contribution in [0.4, 0.5) is 13.2 Å². The molecule has 1 amide bonds. The summed E-state index contributed by atoms with van der Waals surface area (Å²) >= 11 is 5.81. The van der Waals surface area contributed by atoms with Gasteiger partial charge in [-0.2, -0.15) is 13.2 Å². The molecule has 0 radical (unpaired) electrons. The van der Waals surface area contributed by atoms with E-state index in [1.165, 1.54) is 18.3 Å². The Morgan fingerprint density at radius 3 is 2.52 bits per heavy atom. The van der Waals surface area contributed by atoms with E-state index in [1.54, 1.807) is 24.3 Å². The molecule has 0 aliphatic carbocycles. The van der Waals surface area contributed by atoms with E-state index in [-0.39, 0.29) is 28.9 Å². The summed E-state index contributed by atoms with van der Waals surface area (Å²) < 4.78 is 40.7. The van der Waals surface area contributed by atoms with Gasteiger partial charge in [0.25, 0.3) is 5.91 Å². The number of hydrogen-bond donors (Lipinski definition) is 1. The minimum Gasteiger partial charge on any atom is -0.484 e. The topological polar surface area (TPSA) is 51.2 Å². The first-order chi connectivity index (χ1) is 10.8. The van der Waals surface area contributed by atoms with Crippen LogP contribution in [0.15, 0.2) is 42.6 Å². The van der Waals surface area contributed by atoms with Crippen LogP contribution in [0, 0.1) is 0 Å². The molecule has 0 fully saturated rings. The van der Waals surface area contributed by atoms with Crippen LogP contribution in [0.5, 0.6) is 5.75 Å². The second-order valence-electron chi connectivity index (χ2n) is 4.57. The van der Waals surface area contributed by atoms with Gasteiger partial charge in [0.1, 0.15) is 10.9 Å². The summed E-state index contributed by atoms with van der Waals surface area (Å²) in [5, 5.41) is 2.75. The van der Waals surface area contributed by atoms with Crippen molar-refractivity contribution in [3.05, 3.63) is 58.9 Å². The fourth-order valence-electron chi connectivity index (χ4n) is 1.70. The largest absolute Gasteiger partial charge is 0.484 e. The highest BCUT2D eigenvalue weighted by Gasteiger charge is 2.28. The Hall–Kier alpha value is -2.28. The quantitative estimate of drug-likeness (QED) is 0.843. The van der Waals surface area contributed by atoms with Crippen molar-refractivity contribution in [2.24, 2.45) is 0 Å². The zero-order valence-electron chi connectivity index (χ0n) is 11.7. The third-order valence-corrected chi connectivity index (χ3v) is 3.08. The standard InChI is InChI=1S/C15H12ClF3N2O2/c16-13-12(2-1-7-20-13)14(22)21-8-10-3-5-11(6-4-10)23-9-15(17,18)19/h1-7H,8-9H2,(H,21,22). The van der Waals surface area contributed by atoms with Crippen molar-refractivity contribution in [1.82, 2.24) is 10.3 Å². The predicted molar refractivity (Wildman–Crippen MR) is 78.4 cm³/mol. The summed E-state index contributed by atoms with van der Waals surface area (Å²) in [5.74, 6) is -0.284. The number of nitrogens with one attached hydrogen (secondary N) is 1. The number of nitrogens with zero attached hydrogens (tertiary/aromatic N) is 1. The molecule has 0 aliphatic rings. The zero-order chi connectivity index (χ0) is 16.9. The average Bonchev–Trinajstić information content (AvgIpc) is 2.51. The molecule has 4 nitrogen and oxygen atoms in total. The van der Waals surface area contributed by atoms with Crippen LogP contribution in [0.1, 0.15) is 15.9 Å². The highest BCUT2D eigenvalue weighted by molar-refractivity contribution is 6.32. The van der Waals surface area contributed by atoms with Crippen LogP contribution in [-0.4, -0.2) is 23.7 Å². The maximum Gasteiger partial charge on any atom is 0.422 e. The molecule has 0 aliphatic heterocycles. The number of halogens is 4. The minimum absolute atomic E-state index is 0.0981.